The molecule has 0 bridgehead atoms. The summed E-state index contributed by atoms with van der Waals surface area (Å²) in [5.74, 6) is -0.336. The van der Waals surface area contributed by atoms with Gasteiger partial charge in [0.1, 0.15) is 0 Å². The lowest BCUT2D eigenvalue weighted by Gasteiger charge is -2.09. The molecule has 0 aliphatic heterocycles. The Labute approximate surface area is 90.2 Å². The van der Waals surface area contributed by atoms with Crippen molar-refractivity contribution in [3.8, 4) is 0 Å². The van der Waals surface area contributed by atoms with E-state index >= 15 is 0 Å². The number of nitrogens with one attached hydrogen (secondary N) is 1. The van der Waals surface area contributed by atoms with E-state index in [1.54, 1.807) is 6.92 Å². The van der Waals surface area contributed by atoms with Gasteiger partial charge in [0.25, 0.3) is 5.91 Å². The van der Waals surface area contributed by atoms with Gasteiger partial charge in [0.2, 0.25) is 0 Å². The number of hydrogen-bond acceptors (Lipinski definition) is 5. The van der Waals surface area contributed by atoms with Crippen molar-refractivity contribution in [3.63, 3.8) is 0 Å². The van der Waals surface area contributed by atoms with Crippen LogP contribution in [0.4, 0.5) is 5.00 Å². The van der Waals surface area contributed by atoms with E-state index in [9.17, 15) is 14.9 Å². The van der Waals surface area contributed by atoms with Crippen LogP contribution in [0.3, 0.4) is 0 Å². The molecule has 0 aliphatic carbocycles. The minimum atomic E-state index is -0.520. The van der Waals surface area contributed by atoms with Crippen LogP contribution in [-0.4, -0.2) is 23.4 Å². The Bertz CT molecular complexity index is 377. The number of nitro groups is 1. The summed E-state index contributed by atoms with van der Waals surface area (Å²) in [6, 6.07) is 1.11. The second-order valence-electron chi connectivity index (χ2n) is 3.04. The predicted octanol–water partition coefficient (Wildman–Crippen LogP) is 0.733. The second-order valence-corrected chi connectivity index (χ2v) is 3.93. The monoisotopic (exact) mass is 229 g/mol. The Morgan fingerprint density at radius 2 is 2.47 bits per heavy atom. The molecule has 0 aliphatic rings. The van der Waals surface area contributed by atoms with Gasteiger partial charge < -0.3 is 11.1 Å². The van der Waals surface area contributed by atoms with Crippen molar-refractivity contribution in [2.24, 2.45) is 5.73 Å². The molecular weight excluding hydrogens is 218 g/mol. The van der Waals surface area contributed by atoms with E-state index < -0.39 is 4.92 Å². The first-order valence-corrected chi connectivity index (χ1v) is 5.16. The lowest BCUT2D eigenvalue weighted by Crippen LogP contribution is -2.37. The molecular formula is C8H11N3O3S. The SMILES string of the molecule is C[C@H](CN)NC(=O)c1csc([N+](=O)[O-])c1. The number of rotatable bonds is 4. The molecule has 6 nitrogen and oxygen atoms in total. The Morgan fingerprint density at radius 1 is 1.80 bits per heavy atom. The molecule has 1 atom stereocenters. The Morgan fingerprint density at radius 3 is 2.93 bits per heavy atom. The smallest absolute Gasteiger partial charge is 0.324 e. The van der Waals surface area contributed by atoms with E-state index in [1.165, 1.54) is 11.4 Å². The molecule has 0 unspecified atom stereocenters. The van der Waals surface area contributed by atoms with Gasteiger partial charge in [-0.3, -0.25) is 14.9 Å². The molecule has 0 spiro atoms. The van der Waals surface area contributed by atoms with Crippen LogP contribution in [0, 0.1) is 10.1 Å². The van der Waals surface area contributed by atoms with Crippen LogP contribution in [0.15, 0.2) is 11.4 Å². The Kier molecular flexibility index (Phi) is 3.75. The third-order valence-electron chi connectivity index (χ3n) is 1.76. The topological polar surface area (TPSA) is 98.3 Å². The summed E-state index contributed by atoms with van der Waals surface area (Å²) in [6.45, 7) is 2.09. The van der Waals surface area contributed by atoms with Crippen LogP contribution in [0.5, 0.6) is 0 Å². The third kappa shape index (κ3) is 3.00. The molecule has 0 fully saturated rings. The fraction of sp³-hybridized carbons (Fsp3) is 0.375. The van der Waals surface area contributed by atoms with Gasteiger partial charge in [0.05, 0.1) is 10.5 Å². The number of amides is 1. The van der Waals surface area contributed by atoms with E-state index in [0.29, 0.717) is 12.1 Å². The van der Waals surface area contributed by atoms with Crippen molar-refractivity contribution in [2.75, 3.05) is 6.54 Å². The first kappa shape index (κ1) is 11.6. The molecule has 1 heterocycles. The molecule has 0 saturated carbocycles. The fourth-order valence-electron chi connectivity index (χ4n) is 0.906. The van der Waals surface area contributed by atoms with Crippen LogP contribution in [0.1, 0.15) is 17.3 Å². The standard InChI is InChI=1S/C8H11N3O3S/c1-5(3-9)10-8(12)6-2-7(11(13)14)15-4-6/h2,4-5H,3,9H2,1H3,(H,10,12)/t5-/m1/s1. The maximum atomic E-state index is 11.5. The van der Waals surface area contributed by atoms with Crippen LogP contribution in [0.2, 0.25) is 0 Å². The fourth-order valence-corrected chi connectivity index (χ4v) is 1.61. The van der Waals surface area contributed by atoms with Crippen LogP contribution >= 0.6 is 11.3 Å². The summed E-state index contributed by atoms with van der Waals surface area (Å²) in [6.07, 6.45) is 0. The molecule has 1 rings (SSSR count). The minimum absolute atomic E-state index is 0.0412. The number of nitrogens with zero attached hydrogens (tertiary/aromatic N) is 1. The molecule has 82 valence electrons. The van der Waals surface area contributed by atoms with Crippen molar-refractivity contribution in [3.05, 3.63) is 27.1 Å². The van der Waals surface area contributed by atoms with Gasteiger partial charge in [-0.1, -0.05) is 11.3 Å². The molecule has 0 saturated heterocycles. The number of carbonyl (C=O) groups is 1. The zero-order valence-corrected chi connectivity index (χ0v) is 8.91. The van der Waals surface area contributed by atoms with E-state index in [1.807, 2.05) is 0 Å². The van der Waals surface area contributed by atoms with Gasteiger partial charge in [-0.25, -0.2) is 0 Å². The number of thiophene rings is 1. The highest BCUT2D eigenvalue weighted by molar-refractivity contribution is 7.13. The zero-order chi connectivity index (χ0) is 11.4. The summed E-state index contributed by atoms with van der Waals surface area (Å²) in [5, 5.41) is 14.4. The van der Waals surface area contributed by atoms with E-state index in [-0.39, 0.29) is 17.0 Å². The van der Waals surface area contributed by atoms with E-state index in [4.69, 9.17) is 5.73 Å². The summed E-state index contributed by atoms with van der Waals surface area (Å²) in [7, 11) is 0. The molecule has 0 radical (unpaired) electrons. The maximum absolute atomic E-state index is 11.5. The Balaban J connectivity index is 2.70. The molecule has 3 N–H and O–H groups in total. The van der Waals surface area contributed by atoms with Crippen molar-refractivity contribution >= 4 is 22.2 Å². The van der Waals surface area contributed by atoms with Gasteiger partial charge in [-0.05, 0) is 6.92 Å². The van der Waals surface area contributed by atoms with Gasteiger partial charge in [0, 0.05) is 24.0 Å². The van der Waals surface area contributed by atoms with Gasteiger partial charge >= 0.3 is 5.00 Å². The highest BCUT2D eigenvalue weighted by Crippen LogP contribution is 2.22. The summed E-state index contributed by atoms with van der Waals surface area (Å²) in [5.41, 5.74) is 5.63. The molecule has 7 heteroatoms. The molecule has 1 amide bonds. The first-order valence-electron chi connectivity index (χ1n) is 4.28. The van der Waals surface area contributed by atoms with Crippen molar-refractivity contribution in [2.45, 2.75) is 13.0 Å². The predicted molar refractivity (Wildman–Crippen MR) is 57.0 cm³/mol. The maximum Gasteiger partial charge on any atom is 0.324 e. The first-order chi connectivity index (χ1) is 7.04. The largest absolute Gasteiger partial charge is 0.348 e. The van der Waals surface area contributed by atoms with Crippen LogP contribution in [0.25, 0.3) is 0 Å². The van der Waals surface area contributed by atoms with Gasteiger partial charge in [-0.2, -0.15) is 0 Å². The highest BCUT2D eigenvalue weighted by Gasteiger charge is 2.15. The number of carbonyl (C=O) groups excluding carboxylic acids is 1. The van der Waals surface area contributed by atoms with Crippen LogP contribution < -0.4 is 11.1 Å². The highest BCUT2D eigenvalue weighted by atomic mass is 32.1. The van der Waals surface area contributed by atoms with Crippen molar-refractivity contribution in [1.29, 1.82) is 0 Å². The minimum Gasteiger partial charge on any atom is -0.348 e. The van der Waals surface area contributed by atoms with E-state index in [0.717, 1.165) is 11.3 Å². The molecule has 1 aromatic rings. The number of hydrogen-bond donors (Lipinski definition) is 2. The third-order valence-corrected chi connectivity index (χ3v) is 2.64. The quantitative estimate of drug-likeness (QED) is 0.587. The zero-order valence-electron chi connectivity index (χ0n) is 8.10. The lowest BCUT2D eigenvalue weighted by atomic mass is 10.2. The average molecular weight is 229 g/mol. The summed E-state index contributed by atoms with van der Waals surface area (Å²) in [4.78, 5) is 21.3. The summed E-state index contributed by atoms with van der Waals surface area (Å²) < 4.78 is 0. The van der Waals surface area contributed by atoms with E-state index in [2.05, 4.69) is 5.32 Å². The van der Waals surface area contributed by atoms with Crippen molar-refractivity contribution in [1.82, 2.24) is 5.32 Å². The Hall–Kier alpha value is -1.47. The van der Waals surface area contributed by atoms with Gasteiger partial charge in [0.15, 0.2) is 0 Å². The van der Waals surface area contributed by atoms with Gasteiger partial charge in [-0.15, -0.1) is 0 Å². The second kappa shape index (κ2) is 4.85. The molecule has 1 aromatic heterocycles. The van der Waals surface area contributed by atoms with Crippen LogP contribution in [-0.2, 0) is 0 Å². The van der Waals surface area contributed by atoms with Crippen molar-refractivity contribution < 1.29 is 9.72 Å². The molecule has 0 aromatic carbocycles. The summed E-state index contributed by atoms with van der Waals surface area (Å²) >= 11 is 0.930. The number of nitrogens with two attached hydrogens (primary N) is 1. The molecule has 15 heavy (non-hydrogen) atoms. The normalized spacial score (nSPS) is 12.1. The lowest BCUT2D eigenvalue weighted by molar-refractivity contribution is -0.380. The average Bonchev–Trinajstić information content (AvgIpc) is 2.66.